The Bertz CT molecular complexity index is 972. The second-order valence-corrected chi connectivity index (χ2v) is 8.38. The van der Waals surface area contributed by atoms with Crippen molar-refractivity contribution in [3.63, 3.8) is 0 Å². The smallest absolute Gasteiger partial charge is 0.236 e. The first-order valence-corrected chi connectivity index (χ1v) is 9.77. The molecule has 1 N–H and O–H groups in total. The molecular weight excluding hydrogens is 352 g/mol. The van der Waals surface area contributed by atoms with Crippen LogP contribution in [0.3, 0.4) is 0 Å². The lowest BCUT2D eigenvalue weighted by Crippen LogP contribution is -2.40. The molecule has 0 bridgehead atoms. The highest BCUT2D eigenvalue weighted by Gasteiger charge is 2.33. The molecule has 2 aliphatic heterocycles. The van der Waals surface area contributed by atoms with Crippen LogP contribution in [0.1, 0.15) is 16.8 Å². The molecule has 1 aromatic heterocycles. The van der Waals surface area contributed by atoms with Gasteiger partial charge in [-0.1, -0.05) is 29.8 Å². The van der Waals surface area contributed by atoms with Crippen molar-refractivity contribution in [2.45, 2.75) is 29.5 Å². The number of H-pyrrole nitrogens is 1. The van der Waals surface area contributed by atoms with Crippen LogP contribution in [0.15, 0.2) is 47.4 Å². The number of rotatable bonds is 1. The van der Waals surface area contributed by atoms with E-state index < -0.39 is 0 Å². The van der Waals surface area contributed by atoms with E-state index in [1.165, 1.54) is 21.7 Å². The van der Waals surface area contributed by atoms with E-state index >= 15 is 0 Å². The predicted octanol–water partition coefficient (Wildman–Crippen LogP) is 4.42. The summed E-state index contributed by atoms with van der Waals surface area (Å²) in [6, 6.07) is 14.3. The molecule has 3 nitrogen and oxygen atoms in total. The van der Waals surface area contributed by atoms with Crippen LogP contribution in [0.2, 0.25) is 5.02 Å². The molecule has 0 fully saturated rings. The average molecular weight is 369 g/mol. The summed E-state index contributed by atoms with van der Waals surface area (Å²) in [4.78, 5) is 19.8. The lowest BCUT2D eigenvalue weighted by molar-refractivity contribution is -0.131. The average Bonchev–Trinajstić information content (AvgIpc) is 3.21. The summed E-state index contributed by atoms with van der Waals surface area (Å²) in [5, 5.41) is 1.88. The maximum atomic E-state index is 13.1. The van der Waals surface area contributed by atoms with Gasteiger partial charge >= 0.3 is 0 Å². The summed E-state index contributed by atoms with van der Waals surface area (Å²) in [6.07, 6.45) is 1.71. The minimum absolute atomic E-state index is 0.00717. The van der Waals surface area contributed by atoms with E-state index in [9.17, 15) is 4.79 Å². The Morgan fingerprint density at radius 2 is 2.12 bits per heavy atom. The van der Waals surface area contributed by atoms with Gasteiger partial charge in [-0.15, -0.1) is 11.8 Å². The van der Waals surface area contributed by atoms with Gasteiger partial charge < -0.3 is 9.88 Å². The Morgan fingerprint density at radius 1 is 1.24 bits per heavy atom. The standard InChI is InChI=1S/C20H17ClN2OS/c21-13-5-6-16-14(10-13)15-11-23(8-7-17(15)22-16)20(24)19-9-12-3-1-2-4-18(12)25-19/h1-6,10,19,22H,7-9,11H2. The fourth-order valence-electron chi connectivity index (χ4n) is 3.90. The Morgan fingerprint density at radius 3 is 3.00 bits per heavy atom. The maximum absolute atomic E-state index is 13.1. The SMILES string of the molecule is O=C(C1Cc2ccccc2S1)N1CCc2[nH]c3ccc(Cl)cc3c2C1. The van der Waals surface area contributed by atoms with Crippen molar-refractivity contribution in [1.29, 1.82) is 0 Å². The summed E-state index contributed by atoms with van der Waals surface area (Å²) >= 11 is 7.88. The molecule has 25 heavy (non-hydrogen) atoms. The lowest BCUT2D eigenvalue weighted by Gasteiger charge is -2.29. The van der Waals surface area contributed by atoms with Crippen molar-refractivity contribution in [2.75, 3.05) is 6.54 Å². The molecule has 0 spiro atoms. The van der Waals surface area contributed by atoms with Gasteiger partial charge in [0.1, 0.15) is 0 Å². The molecule has 2 aliphatic rings. The van der Waals surface area contributed by atoms with E-state index in [1.807, 2.05) is 29.2 Å². The molecular formula is C20H17ClN2OS. The molecule has 126 valence electrons. The largest absolute Gasteiger partial charge is 0.358 e. The van der Waals surface area contributed by atoms with Crippen LogP contribution in [0.4, 0.5) is 0 Å². The number of hydrogen-bond acceptors (Lipinski definition) is 2. The zero-order chi connectivity index (χ0) is 17.0. The first-order valence-electron chi connectivity index (χ1n) is 8.51. The molecule has 3 aromatic rings. The molecule has 0 aliphatic carbocycles. The summed E-state index contributed by atoms with van der Waals surface area (Å²) in [7, 11) is 0. The number of carbonyl (C=O) groups excluding carboxylic acids is 1. The van der Waals surface area contributed by atoms with Crippen LogP contribution >= 0.6 is 23.4 Å². The van der Waals surface area contributed by atoms with Crippen molar-refractivity contribution in [3.05, 3.63) is 64.3 Å². The number of halogens is 1. The number of aromatic amines is 1. The fraction of sp³-hybridized carbons (Fsp3) is 0.250. The summed E-state index contributed by atoms with van der Waals surface area (Å²) < 4.78 is 0. The topological polar surface area (TPSA) is 36.1 Å². The van der Waals surface area contributed by atoms with Crippen molar-refractivity contribution in [3.8, 4) is 0 Å². The number of hydrogen-bond donors (Lipinski definition) is 1. The van der Waals surface area contributed by atoms with Gasteiger partial charge in [0.05, 0.1) is 5.25 Å². The van der Waals surface area contributed by atoms with Crippen molar-refractivity contribution < 1.29 is 4.79 Å². The third-order valence-corrected chi connectivity index (χ3v) is 6.71. The predicted molar refractivity (Wildman–Crippen MR) is 102 cm³/mol. The van der Waals surface area contributed by atoms with E-state index in [-0.39, 0.29) is 11.2 Å². The first kappa shape index (κ1) is 15.4. The summed E-state index contributed by atoms with van der Waals surface area (Å²) in [5.74, 6) is 0.253. The van der Waals surface area contributed by atoms with Crippen LogP contribution in [-0.2, 0) is 24.2 Å². The zero-order valence-corrected chi connectivity index (χ0v) is 15.2. The van der Waals surface area contributed by atoms with E-state index in [4.69, 9.17) is 11.6 Å². The van der Waals surface area contributed by atoms with E-state index in [2.05, 4.69) is 23.2 Å². The normalized spacial score (nSPS) is 19.1. The van der Waals surface area contributed by atoms with Gasteiger partial charge in [0.15, 0.2) is 0 Å². The molecule has 0 radical (unpaired) electrons. The van der Waals surface area contributed by atoms with Crippen molar-refractivity contribution in [1.82, 2.24) is 9.88 Å². The Hall–Kier alpha value is -1.91. The van der Waals surface area contributed by atoms with E-state index in [0.29, 0.717) is 6.54 Å². The van der Waals surface area contributed by atoms with Crippen LogP contribution in [0.5, 0.6) is 0 Å². The molecule has 2 aromatic carbocycles. The van der Waals surface area contributed by atoms with Gasteiger partial charge in [0.25, 0.3) is 0 Å². The monoisotopic (exact) mass is 368 g/mol. The molecule has 3 heterocycles. The highest BCUT2D eigenvalue weighted by molar-refractivity contribution is 8.01. The van der Waals surface area contributed by atoms with E-state index in [1.54, 1.807) is 11.8 Å². The quantitative estimate of drug-likeness (QED) is 0.690. The fourth-order valence-corrected chi connectivity index (χ4v) is 5.35. The molecule has 0 saturated carbocycles. The van der Waals surface area contributed by atoms with Crippen molar-refractivity contribution >= 4 is 40.2 Å². The van der Waals surface area contributed by atoms with Crippen molar-refractivity contribution in [2.24, 2.45) is 0 Å². The molecule has 1 atom stereocenters. The number of fused-ring (bicyclic) bond motifs is 4. The van der Waals surface area contributed by atoms with Gasteiger partial charge in [-0.25, -0.2) is 0 Å². The van der Waals surface area contributed by atoms with Gasteiger partial charge in [-0.3, -0.25) is 4.79 Å². The highest BCUT2D eigenvalue weighted by Crippen LogP contribution is 2.38. The number of aromatic nitrogens is 1. The molecule has 5 heteroatoms. The van der Waals surface area contributed by atoms with Gasteiger partial charge in [0.2, 0.25) is 5.91 Å². The molecule has 1 unspecified atom stereocenters. The first-order chi connectivity index (χ1) is 12.2. The van der Waals surface area contributed by atoms with Crippen LogP contribution in [0, 0.1) is 0 Å². The maximum Gasteiger partial charge on any atom is 0.236 e. The molecule has 0 saturated heterocycles. The highest BCUT2D eigenvalue weighted by atomic mass is 35.5. The van der Waals surface area contributed by atoms with Crippen LogP contribution in [-0.4, -0.2) is 27.6 Å². The number of nitrogens with zero attached hydrogens (tertiary/aromatic N) is 1. The second kappa shape index (κ2) is 5.82. The van der Waals surface area contributed by atoms with E-state index in [0.717, 1.165) is 35.3 Å². The third-order valence-electron chi connectivity index (χ3n) is 5.17. The Labute approximate surface area is 155 Å². The van der Waals surface area contributed by atoms with Gasteiger partial charge in [-0.05, 0) is 36.2 Å². The Balaban J connectivity index is 1.41. The summed E-state index contributed by atoms with van der Waals surface area (Å²) in [6.45, 7) is 1.45. The second-order valence-electron chi connectivity index (χ2n) is 6.70. The number of thioether (sulfide) groups is 1. The zero-order valence-electron chi connectivity index (χ0n) is 13.6. The third kappa shape index (κ3) is 2.55. The van der Waals surface area contributed by atoms with Gasteiger partial charge in [0, 0.05) is 51.6 Å². The number of nitrogens with one attached hydrogen (secondary N) is 1. The van der Waals surface area contributed by atoms with Gasteiger partial charge in [-0.2, -0.15) is 0 Å². The summed E-state index contributed by atoms with van der Waals surface area (Å²) in [5.41, 5.74) is 4.86. The molecule has 5 rings (SSSR count). The molecule has 1 amide bonds. The van der Waals surface area contributed by atoms with Crippen LogP contribution < -0.4 is 0 Å². The minimum atomic E-state index is 0.00717. The number of benzene rings is 2. The number of amides is 1. The van der Waals surface area contributed by atoms with Crippen LogP contribution in [0.25, 0.3) is 10.9 Å². The minimum Gasteiger partial charge on any atom is -0.358 e. The Kier molecular flexibility index (Phi) is 3.57. The number of carbonyl (C=O) groups is 1. The lowest BCUT2D eigenvalue weighted by atomic mass is 10.0.